The van der Waals surface area contributed by atoms with E-state index in [-0.39, 0.29) is 0 Å². The Morgan fingerprint density at radius 1 is 0.484 bits per heavy atom. The van der Waals surface area contributed by atoms with Crippen LogP contribution < -0.4 is 10.4 Å². The Balaban J connectivity index is 1.88. The van der Waals surface area contributed by atoms with Crippen molar-refractivity contribution in [2.45, 2.75) is 0 Å². The van der Waals surface area contributed by atoms with Crippen LogP contribution in [0.1, 0.15) is 0 Å². The van der Waals surface area contributed by atoms with Crippen LogP contribution >= 0.6 is 11.5 Å². The first-order valence-corrected chi connectivity index (χ1v) is 10.8. The van der Waals surface area contributed by atoms with Gasteiger partial charge in [0.1, 0.15) is 0 Å². The average Bonchev–Trinajstić information content (AvgIpc) is 3.19. The summed E-state index contributed by atoms with van der Waals surface area (Å²) in [6.45, 7) is 0. The molecule has 0 saturated carbocycles. The molecule has 5 aromatic rings. The second-order valence-electron chi connectivity index (χ2n) is 6.87. The van der Waals surface area contributed by atoms with E-state index in [9.17, 15) is 0 Å². The highest BCUT2D eigenvalue weighted by Gasteiger charge is 2.11. The molecule has 1 aromatic heterocycles. The van der Waals surface area contributed by atoms with Gasteiger partial charge in [-0.2, -0.15) is 0 Å². The lowest BCUT2D eigenvalue weighted by atomic mass is 10.3. The Hall–Kier alpha value is -3.96. The first kappa shape index (κ1) is 19.0. The second-order valence-corrected chi connectivity index (χ2v) is 7.78. The monoisotopic (exact) mass is 420 g/mol. The molecular formula is C26H20N4S. The van der Waals surface area contributed by atoms with Gasteiger partial charge in [0.05, 0.1) is 22.7 Å². The van der Waals surface area contributed by atoms with E-state index < -0.39 is 0 Å². The number of aromatic nitrogens is 2. The van der Waals surface area contributed by atoms with Gasteiger partial charge >= 0.3 is 0 Å². The molecule has 0 fully saturated rings. The highest BCUT2D eigenvalue weighted by Crippen LogP contribution is 2.14. The quantitative estimate of drug-likeness (QED) is 0.352. The third-order valence-corrected chi connectivity index (χ3v) is 5.71. The van der Waals surface area contributed by atoms with Crippen molar-refractivity contribution in [2.24, 2.45) is 9.98 Å². The Morgan fingerprint density at radius 2 is 0.935 bits per heavy atom. The Kier molecular flexibility index (Phi) is 5.41. The minimum Gasteiger partial charge on any atom is -0.253 e. The number of benzene rings is 4. The fraction of sp³-hybridized carbons (Fsp3) is 0. The Labute approximate surface area is 184 Å². The summed E-state index contributed by atoms with van der Waals surface area (Å²) in [7, 11) is 0. The molecular weight excluding hydrogens is 400 g/mol. The summed E-state index contributed by atoms with van der Waals surface area (Å²) in [6, 6.07) is 40.5. The lowest BCUT2D eigenvalue weighted by molar-refractivity contribution is 0.853. The molecule has 0 saturated heterocycles. The van der Waals surface area contributed by atoms with Crippen molar-refractivity contribution in [3.8, 4) is 11.4 Å². The molecule has 1 heterocycles. The summed E-state index contributed by atoms with van der Waals surface area (Å²) in [5.41, 5.74) is 4.64. The predicted octanol–water partition coefficient (Wildman–Crippen LogP) is 5.79. The van der Waals surface area contributed by atoms with Crippen LogP contribution in [0.15, 0.2) is 131 Å². The van der Waals surface area contributed by atoms with Gasteiger partial charge in [0, 0.05) is 0 Å². The van der Waals surface area contributed by atoms with Gasteiger partial charge in [0.2, 0.25) is 10.4 Å². The van der Waals surface area contributed by atoms with Crippen molar-refractivity contribution in [3.05, 3.63) is 132 Å². The SMILES string of the molecule is c1ccc(N=c2sn(-c3ccccc3)c(=Nc3ccccc3)n2-c2ccccc2)cc1. The van der Waals surface area contributed by atoms with Crippen LogP contribution in [0.3, 0.4) is 0 Å². The van der Waals surface area contributed by atoms with Gasteiger partial charge in [-0.25, -0.2) is 13.9 Å². The fourth-order valence-electron chi connectivity index (χ4n) is 3.27. The molecule has 0 N–H and O–H groups in total. The molecule has 0 amide bonds. The van der Waals surface area contributed by atoms with Gasteiger partial charge in [0.15, 0.2) is 0 Å². The molecule has 4 nitrogen and oxygen atoms in total. The third kappa shape index (κ3) is 4.17. The predicted molar refractivity (Wildman–Crippen MR) is 126 cm³/mol. The molecule has 0 unspecified atom stereocenters. The zero-order chi connectivity index (χ0) is 20.9. The van der Waals surface area contributed by atoms with E-state index in [1.807, 2.05) is 97.1 Å². The number of para-hydroxylation sites is 4. The Bertz CT molecular complexity index is 1400. The highest BCUT2D eigenvalue weighted by atomic mass is 32.1. The van der Waals surface area contributed by atoms with Crippen LogP contribution in [0.2, 0.25) is 0 Å². The van der Waals surface area contributed by atoms with Crippen LogP contribution in [0.4, 0.5) is 11.4 Å². The summed E-state index contributed by atoms with van der Waals surface area (Å²) >= 11 is 1.57. The molecule has 5 heteroatoms. The van der Waals surface area contributed by atoms with Gasteiger partial charge in [0.25, 0.3) is 0 Å². The minimum atomic E-state index is 0.795. The summed E-state index contributed by atoms with van der Waals surface area (Å²) in [6.07, 6.45) is 0. The van der Waals surface area contributed by atoms with Gasteiger partial charge in [-0.3, -0.25) is 4.57 Å². The number of nitrogens with zero attached hydrogens (tertiary/aromatic N) is 4. The van der Waals surface area contributed by atoms with Gasteiger partial charge < -0.3 is 0 Å². The van der Waals surface area contributed by atoms with E-state index in [0.29, 0.717) is 0 Å². The van der Waals surface area contributed by atoms with E-state index in [4.69, 9.17) is 9.98 Å². The molecule has 0 atom stereocenters. The lowest BCUT2D eigenvalue weighted by Crippen LogP contribution is -2.28. The van der Waals surface area contributed by atoms with Crippen LogP contribution in [-0.2, 0) is 0 Å². The maximum atomic E-state index is 5.03. The highest BCUT2D eigenvalue weighted by molar-refractivity contribution is 7.03. The van der Waals surface area contributed by atoms with Crippen LogP contribution in [0.5, 0.6) is 0 Å². The van der Waals surface area contributed by atoms with Crippen LogP contribution in [0, 0.1) is 0 Å². The molecule has 150 valence electrons. The molecule has 0 aliphatic carbocycles. The molecule has 0 aliphatic rings. The number of hydrogen-bond acceptors (Lipinski definition) is 3. The summed E-state index contributed by atoms with van der Waals surface area (Å²) in [5.74, 6) is 0. The summed E-state index contributed by atoms with van der Waals surface area (Å²) in [4.78, 5) is 10.8. The molecule has 0 radical (unpaired) electrons. The summed E-state index contributed by atoms with van der Waals surface area (Å²) in [5, 5.41) is 0. The number of hydrogen-bond donors (Lipinski definition) is 0. The zero-order valence-corrected chi connectivity index (χ0v) is 17.6. The first-order chi connectivity index (χ1) is 15.4. The number of rotatable bonds is 4. The zero-order valence-electron chi connectivity index (χ0n) is 16.7. The first-order valence-electron chi connectivity index (χ1n) is 10.0. The largest absolute Gasteiger partial charge is 0.253 e. The maximum absolute atomic E-state index is 5.03. The average molecular weight is 421 g/mol. The molecule has 4 aromatic carbocycles. The summed E-state index contributed by atoms with van der Waals surface area (Å²) < 4.78 is 4.24. The van der Waals surface area contributed by atoms with Gasteiger partial charge in [-0.15, -0.1) is 0 Å². The van der Waals surface area contributed by atoms with Crippen molar-refractivity contribution in [1.82, 2.24) is 8.52 Å². The lowest BCUT2D eigenvalue weighted by Gasteiger charge is -2.05. The van der Waals surface area contributed by atoms with E-state index in [1.165, 1.54) is 0 Å². The second kappa shape index (κ2) is 8.81. The van der Waals surface area contributed by atoms with Crippen LogP contribution in [-0.4, -0.2) is 8.52 Å². The van der Waals surface area contributed by atoms with E-state index in [2.05, 4.69) is 32.8 Å². The van der Waals surface area contributed by atoms with Crippen molar-refractivity contribution in [2.75, 3.05) is 0 Å². The maximum Gasteiger partial charge on any atom is 0.231 e. The van der Waals surface area contributed by atoms with Gasteiger partial charge in [-0.1, -0.05) is 72.8 Å². The Morgan fingerprint density at radius 3 is 1.48 bits per heavy atom. The van der Waals surface area contributed by atoms with Gasteiger partial charge in [-0.05, 0) is 60.1 Å². The smallest absolute Gasteiger partial charge is 0.231 e. The van der Waals surface area contributed by atoms with Crippen molar-refractivity contribution >= 4 is 22.9 Å². The molecule has 5 rings (SSSR count). The molecule has 31 heavy (non-hydrogen) atoms. The topological polar surface area (TPSA) is 34.6 Å². The van der Waals surface area contributed by atoms with Crippen molar-refractivity contribution in [1.29, 1.82) is 0 Å². The third-order valence-electron chi connectivity index (χ3n) is 4.72. The van der Waals surface area contributed by atoms with E-state index >= 15 is 0 Å². The molecule has 0 aliphatic heterocycles. The standard InChI is InChI=1S/C26H20N4S/c1-5-13-21(14-6-1)27-25-29(23-17-9-3-10-18-23)26(28-22-15-7-2-8-16-22)31-30(25)24-19-11-4-12-20-24/h1-20H. The molecule has 0 spiro atoms. The normalized spacial score (nSPS) is 12.3. The molecule has 0 bridgehead atoms. The van der Waals surface area contributed by atoms with Crippen molar-refractivity contribution in [3.63, 3.8) is 0 Å². The van der Waals surface area contributed by atoms with E-state index in [1.54, 1.807) is 11.5 Å². The van der Waals surface area contributed by atoms with Crippen molar-refractivity contribution < 1.29 is 0 Å². The minimum absolute atomic E-state index is 0.795. The van der Waals surface area contributed by atoms with E-state index in [0.717, 1.165) is 33.2 Å². The van der Waals surface area contributed by atoms with Crippen LogP contribution in [0.25, 0.3) is 11.4 Å². The fourth-order valence-corrected chi connectivity index (χ4v) is 4.28.